The van der Waals surface area contributed by atoms with Crippen molar-refractivity contribution in [3.63, 3.8) is 0 Å². The van der Waals surface area contributed by atoms with E-state index in [1.807, 2.05) is 5.32 Å². The van der Waals surface area contributed by atoms with Crippen LogP contribution in [-0.4, -0.2) is 22.9 Å². The molecule has 0 heterocycles. The Labute approximate surface area is 51.3 Å². The van der Waals surface area contributed by atoms with Gasteiger partial charge < -0.3 is 10.4 Å². The van der Waals surface area contributed by atoms with E-state index in [1.54, 1.807) is 0 Å². The number of carboxylic acid groups (broad SMARTS) is 1. The molecule has 0 saturated carbocycles. The number of carbonyl (C=O) groups excluding carboxylic acids is 1. The number of aliphatic carboxylic acids is 1. The van der Waals surface area contributed by atoms with Gasteiger partial charge in [0.1, 0.15) is 6.54 Å². The van der Waals surface area contributed by atoms with E-state index in [1.165, 1.54) is 0 Å². The minimum Gasteiger partial charge on any atom is -0.480 e. The molecular weight excluding hydrogens is 130 g/mol. The van der Waals surface area contributed by atoms with Crippen molar-refractivity contribution >= 4 is 23.8 Å². The van der Waals surface area contributed by atoms with Gasteiger partial charge in [0.2, 0.25) is 0 Å². The number of amides is 1. The van der Waals surface area contributed by atoms with Crippen molar-refractivity contribution in [1.82, 2.24) is 5.32 Å². The van der Waals surface area contributed by atoms with Crippen LogP contribution in [0, 0.1) is 0 Å². The molecule has 0 saturated heterocycles. The van der Waals surface area contributed by atoms with E-state index in [9.17, 15) is 9.59 Å². The molecule has 0 aliphatic carbocycles. The first-order valence-electron chi connectivity index (χ1n) is 1.81. The number of thiol groups is 1. The van der Waals surface area contributed by atoms with Gasteiger partial charge in [-0.05, 0) is 0 Å². The van der Waals surface area contributed by atoms with Gasteiger partial charge in [0.05, 0.1) is 0 Å². The Balaban J connectivity index is 3.18. The van der Waals surface area contributed by atoms with Gasteiger partial charge in [0.15, 0.2) is 0 Å². The van der Waals surface area contributed by atoms with Crippen LogP contribution in [0.15, 0.2) is 0 Å². The molecule has 2 N–H and O–H groups in total. The van der Waals surface area contributed by atoms with Crippen molar-refractivity contribution < 1.29 is 14.7 Å². The van der Waals surface area contributed by atoms with Gasteiger partial charge >= 0.3 is 5.97 Å². The molecule has 0 fully saturated rings. The predicted molar refractivity (Wildman–Crippen MR) is 30.0 cm³/mol. The molecule has 0 bridgehead atoms. The summed E-state index contributed by atoms with van der Waals surface area (Å²) in [7, 11) is 0. The number of hydrogen-bond acceptors (Lipinski definition) is 2. The molecule has 0 aliphatic heterocycles. The summed E-state index contributed by atoms with van der Waals surface area (Å²) in [4.78, 5) is 19.5. The van der Waals surface area contributed by atoms with Crippen molar-refractivity contribution in [2.24, 2.45) is 0 Å². The molecule has 5 heteroatoms. The van der Waals surface area contributed by atoms with Crippen LogP contribution in [0.3, 0.4) is 0 Å². The maximum atomic E-state index is 9.84. The fraction of sp³-hybridized carbons (Fsp3) is 0.333. The van der Waals surface area contributed by atoms with Gasteiger partial charge in [-0.25, -0.2) is 0 Å². The van der Waals surface area contributed by atoms with Gasteiger partial charge in [0.25, 0.3) is 5.24 Å². The zero-order valence-corrected chi connectivity index (χ0v) is 4.81. The molecule has 0 atom stereocenters. The number of carbonyl (C=O) groups is 2. The lowest BCUT2D eigenvalue weighted by atomic mass is 10.7. The first-order chi connectivity index (χ1) is 3.63. The Bertz CT molecular complexity index is 99.1. The normalized spacial score (nSPS) is 8.12. The van der Waals surface area contributed by atoms with Crippen molar-refractivity contribution in [2.45, 2.75) is 0 Å². The Morgan fingerprint density at radius 2 is 2.12 bits per heavy atom. The standard InChI is InChI=1S/C3H5NO3S/c5-2(6)1-4-3(7)8/h1H2,(H,5,6)(H2,4,7,8). The second kappa shape index (κ2) is 3.31. The number of rotatable bonds is 2. The lowest BCUT2D eigenvalue weighted by Gasteiger charge is -1.91. The molecule has 0 aliphatic rings. The zero-order valence-electron chi connectivity index (χ0n) is 3.92. The second-order valence-electron chi connectivity index (χ2n) is 1.05. The van der Waals surface area contributed by atoms with Crippen LogP contribution in [0.25, 0.3) is 0 Å². The van der Waals surface area contributed by atoms with Crippen molar-refractivity contribution in [3.05, 3.63) is 0 Å². The number of hydrogen-bond donors (Lipinski definition) is 3. The maximum absolute atomic E-state index is 9.84. The monoisotopic (exact) mass is 135 g/mol. The molecule has 0 unspecified atom stereocenters. The number of carboxylic acids is 1. The molecule has 0 aromatic rings. The van der Waals surface area contributed by atoms with Crippen LogP contribution in [0.1, 0.15) is 0 Å². The summed E-state index contributed by atoms with van der Waals surface area (Å²) >= 11 is 3.26. The van der Waals surface area contributed by atoms with Crippen LogP contribution in [0.5, 0.6) is 0 Å². The van der Waals surface area contributed by atoms with E-state index in [-0.39, 0.29) is 6.54 Å². The third-order valence-corrected chi connectivity index (χ3v) is 0.549. The van der Waals surface area contributed by atoms with Crippen LogP contribution >= 0.6 is 12.6 Å². The Hall–Kier alpha value is -0.710. The van der Waals surface area contributed by atoms with Crippen molar-refractivity contribution in [2.75, 3.05) is 6.54 Å². The van der Waals surface area contributed by atoms with Crippen LogP contribution < -0.4 is 5.32 Å². The largest absolute Gasteiger partial charge is 0.480 e. The SMILES string of the molecule is O=C(O)CNC(=O)S. The third kappa shape index (κ3) is 5.29. The molecule has 0 spiro atoms. The van der Waals surface area contributed by atoms with Crippen molar-refractivity contribution in [1.29, 1.82) is 0 Å². The molecule has 0 rings (SSSR count). The molecule has 46 valence electrons. The molecule has 0 aromatic heterocycles. The van der Waals surface area contributed by atoms with Gasteiger partial charge in [-0.2, -0.15) is 0 Å². The highest BCUT2D eigenvalue weighted by Crippen LogP contribution is 1.72. The van der Waals surface area contributed by atoms with E-state index < -0.39 is 11.2 Å². The predicted octanol–water partition coefficient (Wildman–Crippen LogP) is -0.290. The van der Waals surface area contributed by atoms with Crippen LogP contribution in [0.2, 0.25) is 0 Å². The summed E-state index contributed by atoms with van der Waals surface area (Å²) in [5.41, 5.74) is 0. The molecule has 0 radical (unpaired) electrons. The molecule has 1 amide bonds. The highest BCUT2D eigenvalue weighted by Gasteiger charge is 1.95. The first-order valence-corrected chi connectivity index (χ1v) is 2.26. The van der Waals surface area contributed by atoms with Crippen LogP contribution in [-0.2, 0) is 4.79 Å². The summed E-state index contributed by atoms with van der Waals surface area (Å²) in [6, 6.07) is 0. The molecular formula is C3H5NO3S. The van der Waals surface area contributed by atoms with Gasteiger partial charge in [0, 0.05) is 0 Å². The molecule has 8 heavy (non-hydrogen) atoms. The van der Waals surface area contributed by atoms with Gasteiger partial charge in [-0.15, -0.1) is 0 Å². The topological polar surface area (TPSA) is 66.4 Å². The summed E-state index contributed by atoms with van der Waals surface area (Å²) in [5.74, 6) is -1.08. The summed E-state index contributed by atoms with van der Waals surface area (Å²) in [6.45, 7) is -0.373. The maximum Gasteiger partial charge on any atom is 0.323 e. The van der Waals surface area contributed by atoms with E-state index in [0.29, 0.717) is 0 Å². The van der Waals surface area contributed by atoms with E-state index >= 15 is 0 Å². The highest BCUT2D eigenvalue weighted by atomic mass is 32.1. The molecule has 4 nitrogen and oxygen atoms in total. The van der Waals surface area contributed by atoms with Crippen molar-refractivity contribution in [3.8, 4) is 0 Å². The molecule has 0 aromatic carbocycles. The minimum atomic E-state index is -1.08. The Morgan fingerprint density at radius 3 is 2.25 bits per heavy atom. The summed E-state index contributed by atoms with van der Waals surface area (Å²) in [6.07, 6.45) is 0. The quantitative estimate of drug-likeness (QED) is 0.456. The lowest BCUT2D eigenvalue weighted by molar-refractivity contribution is -0.135. The van der Waals surface area contributed by atoms with Gasteiger partial charge in [-0.3, -0.25) is 9.59 Å². The fourth-order valence-corrected chi connectivity index (χ4v) is 0.230. The fourth-order valence-electron chi connectivity index (χ4n) is 0.151. The third-order valence-electron chi connectivity index (χ3n) is 0.391. The van der Waals surface area contributed by atoms with Crippen LogP contribution in [0.4, 0.5) is 4.79 Å². The average molecular weight is 135 g/mol. The summed E-state index contributed by atoms with van der Waals surface area (Å²) < 4.78 is 0. The lowest BCUT2D eigenvalue weighted by Crippen LogP contribution is -2.24. The van der Waals surface area contributed by atoms with Gasteiger partial charge in [-0.1, -0.05) is 12.6 Å². The Kier molecular flexibility index (Phi) is 3.02. The second-order valence-corrected chi connectivity index (χ2v) is 1.46. The van der Waals surface area contributed by atoms with E-state index in [0.717, 1.165) is 0 Å². The average Bonchev–Trinajstić information content (AvgIpc) is 1.61. The zero-order chi connectivity index (χ0) is 6.57. The minimum absolute atomic E-state index is 0.373. The summed E-state index contributed by atoms with van der Waals surface area (Å²) in [5, 5.41) is 9.25. The highest BCUT2D eigenvalue weighted by molar-refractivity contribution is 7.96. The van der Waals surface area contributed by atoms with E-state index in [4.69, 9.17) is 5.11 Å². The van der Waals surface area contributed by atoms with E-state index in [2.05, 4.69) is 12.6 Å². The number of nitrogens with one attached hydrogen (secondary N) is 1. The first kappa shape index (κ1) is 7.29. The smallest absolute Gasteiger partial charge is 0.323 e. The Morgan fingerprint density at radius 1 is 1.62 bits per heavy atom.